The Morgan fingerprint density at radius 2 is 1.95 bits per heavy atom. The van der Waals surface area contributed by atoms with Crippen molar-refractivity contribution in [1.29, 1.82) is 0 Å². The summed E-state index contributed by atoms with van der Waals surface area (Å²) in [5.74, 6) is -1.65. The van der Waals surface area contributed by atoms with Crippen LogP contribution in [0.2, 0.25) is 0 Å². The number of likely N-dealkylation sites (tertiary alicyclic amines) is 1. The molecule has 1 aliphatic heterocycles. The molecule has 0 aliphatic carbocycles. The second-order valence-electron chi connectivity index (χ2n) is 5.52. The van der Waals surface area contributed by atoms with E-state index in [9.17, 15) is 18.0 Å². The highest BCUT2D eigenvalue weighted by atomic mass is 19.4. The number of alkyl halides is 3. The standard InChI is InChI=1S/C15H18F3NO2/c1-11-7-13(15(16,17)18)9-19(8-11)14(20)21-10-12-5-3-2-4-6-12/h2-6,11,13H,7-10H2,1H3/t11-,13-/m1/s1. The van der Waals surface area contributed by atoms with Gasteiger partial charge in [-0.25, -0.2) is 4.79 Å². The molecule has 0 unspecified atom stereocenters. The monoisotopic (exact) mass is 301 g/mol. The fraction of sp³-hybridized carbons (Fsp3) is 0.533. The predicted molar refractivity (Wildman–Crippen MR) is 71.5 cm³/mol. The van der Waals surface area contributed by atoms with Crippen LogP contribution in [0.3, 0.4) is 0 Å². The highest BCUT2D eigenvalue weighted by Crippen LogP contribution is 2.35. The van der Waals surface area contributed by atoms with E-state index in [4.69, 9.17) is 4.74 Å². The number of benzene rings is 1. The lowest BCUT2D eigenvalue weighted by atomic mass is 9.90. The zero-order valence-corrected chi connectivity index (χ0v) is 11.8. The Morgan fingerprint density at radius 3 is 2.57 bits per heavy atom. The van der Waals surface area contributed by atoms with E-state index in [1.54, 1.807) is 19.1 Å². The molecule has 1 fully saturated rings. The van der Waals surface area contributed by atoms with Gasteiger partial charge in [-0.15, -0.1) is 0 Å². The summed E-state index contributed by atoms with van der Waals surface area (Å²) in [6.45, 7) is 1.78. The van der Waals surface area contributed by atoms with Crippen molar-refractivity contribution >= 4 is 6.09 Å². The van der Waals surface area contributed by atoms with Crippen molar-refractivity contribution in [2.75, 3.05) is 13.1 Å². The van der Waals surface area contributed by atoms with Crippen LogP contribution >= 0.6 is 0 Å². The van der Waals surface area contributed by atoms with Crippen molar-refractivity contribution in [3.8, 4) is 0 Å². The van der Waals surface area contributed by atoms with Crippen LogP contribution in [0.4, 0.5) is 18.0 Å². The second-order valence-corrected chi connectivity index (χ2v) is 5.52. The topological polar surface area (TPSA) is 29.5 Å². The van der Waals surface area contributed by atoms with Gasteiger partial charge in [-0.3, -0.25) is 0 Å². The minimum Gasteiger partial charge on any atom is -0.445 e. The van der Waals surface area contributed by atoms with E-state index in [1.807, 2.05) is 18.2 Å². The molecule has 0 saturated carbocycles. The first-order valence-electron chi connectivity index (χ1n) is 6.88. The number of hydrogen-bond acceptors (Lipinski definition) is 2. The largest absolute Gasteiger partial charge is 0.445 e. The Bertz CT molecular complexity index is 476. The van der Waals surface area contributed by atoms with Gasteiger partial charge in [0.1, 0.15) is 6.61 Å². The van der Waals surface area contributed by atoms with E-state index >= 15 is 0 Å². The maximum Gasteiger partial charge on any atom is 0.410 e. The predicted octanol–water partition coefficient (Wildman–Crippen LogP) is 3.84. The van der Waals surface area contributed by atoms with E-state index in [2.05, 4.69) is 0 Å². The minimum absolute atomic E-state index is 0.0615. The van der Waals surface area contributed by atoms with Gasteiger partial charge in [0.2, 0.25) is 0 Å². The molecule has 21 heavy (non-hydrogen) atoms. The van der Waals surface area contributed by atoms with Crippen LogP contribution in [-0.4, -0.2) is 30.3 Å². The van der Waals surface area contributed by atoms with Gasteiger partial charge >= 0.3 is 12.3 Å². The molecule has 0 radical (unpaired) electrons. The lowest BCUT2D eigenvalue weighted by Gasteiger charge is -2.36. The van der Waals surface area contributed by atoms with Crippen LogP contribution < -0.4 is 0 Å². The zero-order valence-electron chi connectivity index (χ0n) is 11.8. The molecule has 3 nitrogen and oxygen atoms in total. The zero-order chi connectivity index (χ0) is 15.5. The molecule has 116 valence electrons. The summed E-state index contributed by atoms with van der Waals surface area (Å²) in [7, 11) is 0. The summed E-state index contributed by atoms with van der Waals surface area (Å²) >= 11 is 0. The molecule has 0 N–H and O–H groups in total. The lowest BCUT2D eigenvalue weighted by molar-refractivity contribution is -0.189. The number of carbonyl (C=O) groups excluding carboxylic acids is 1. The van der Waals surface area contributed by atoms with Crippen molar-refractivity contribution in [2.45, 2.75) is 26.1 Å². The maximum absolute atomic E-state index is 12.8. The number of carbonyl (C=O) groups is 1. The number of piperidine rings is 1. The Balaban J connectivity index is 1.92. The number of hydrogen-bond donors (Lipinski definition) is 0. The molecule has 0 bridgehead atoms. The van der Waals surface area contributed by atoms with Crippen LogP contribution in [0.5, 0.6) is 0 Å². The Hall–Kier alpha value is -1.72. The molecule has 2 rings (SSSR count). The van der Waals surface area contributed by atoms with E-state index in [0.717, 1.165) is 10.5 Å². The molecule has 0 aromatic heterocycles. The highest BCUT2D eigenvalue weighted by molar-refractivity contribution is 5.67. The van der Waals surface area contributed by atoms with E-state index in [1.165, 1.54) is 0 Å². The molecule has 1 aromatic carbocycles. The Morgan fingerprint density at radius 1 is 1.29 bits per heavy atom. The van der Waals surface area contributed by atoms with Crippen LogP contribution in [0.1, 0.15) is 18.9 Å². The maximum atomic E-state index is 12.8. The lowest BCUT2D eigenvalue weighted by Crippen LogP contribution is -2.47. The SMILES string of the molecule is C[C@@H]1C[C@@H](C(F)(F)F)CN(C(=O)OCc2ccccc2)C1. The molecule has 2 atom stereocenters. The van der Waals surface area contributed by atoms with Gasteiger partial charge in [0.25, 0.3) is 0 Å². The summed E-state index contributed by atoms with van der Waals surface area (Å²) in [5, 5.41) is 0. The first-order valence-corrected chi connectivity index (χ1v) is 6.88. The third-order valence-corrected chi connectivity index (χ3v) is 3.59. The van der Waals surface area contributed by atoms with Crippen molar-refractivity contribution in [2.24, 2.45) is 11.8 Å². The fourth-order valence-corrected chi connectivity index (χ4v) is 2.55. The smallest absolute Gasteiger partial charge is 0.410 e. The molecular weight excluding hydrogens is 283 g/mol. The second kappa shape index (κ2) is 6.37. The van der Waals surface area contributed by atoms with Crippen LogP contribution in [-0.2, 0) is 11.3 Å². The van der Waals surface area contributed by atoms with Crippen LogP contribution in [0, 0.1) is 11.8 Å². The van der Waals surface area contributed by atoms with Crippen LogP contribution in [0.15, 0.2) is 30.3 Å². The number of halogens is 3. The number of ether oxygens (including phenoxy) is 1. The van der Waals surface area contributed by atoms with Gasteiger partial charge in [0, 0.05) is 13.1 Å². The van der Waals surface area contributed by atoms with Gasteiger partial charge in [0.15, 0.2) is 0 Å². The molecule has 1 saturated heterocycles. The van der Waals surface area contributed by atoms with Gasteiger partial charge in [-0.2, -0.15) is 13.2 Å². The third kappa shape index (κ3) is 4.37. The van der Waals surface area contributed by atoms with Gasteiger partial charge in [-0.05, 0) is 17.9 Å². The van der Waals surface area contributed by atoms with Crippen molar-refractivity contribution < 1.29 is 22.7 Å². The summed E-state index contributed by atoms with van der Waals surface area (Å²) in [6.07, 6.45) is -4.89. The van der Waals surface area contributed by atoms with E-state index in [0.29, 0.717) is 6.54 Å². The Labute approximate surface area is 121 Å². The average Bonchev–Trinajstić information content (AvgIpc) is 2.44. The molecule has 1 aliphatic rings. The number of nitrogens with zero attached hydrogens (tertiary/aromatic N) is 1. The summed E-state index contributed by atoms with van der Waals surface area (Å²) in [5.41, 5.74) is 0.809. The minimum atomic E-state index is -4.27. The molecule has 1 heterocycles. The van der Waals surface area contributed by atoms with Gasteiger partial charge in [0.05, 0.1) is 5.92 Å². The van der Waals surface area contributed by atoms with Crippen molar-refractivity contribution in [3.63, 3.8) is 0 Å². The fourth-order valence-electron chi connectivity index (χ4n) is 2.55. The number of amides is 1. The first kappa shape index (κ1) is 15.7. The summed E-state index contributed by atoms with van der Waals surface area (Å²) in [4.78, 5) is 13.1. The quantitative estimate of drug-likeness (QED) is 0.830. The number of rotatable bonds is 2. The molecule has 0 spiro atoms. The molecule has 1 amide bonds. The van der Waals surface area contributed by atoms with Crippen molar-refractivity contribution in [1.82, 2.24) is 4.90 Å². The summed E-state index contributed by atoms with van der Waals surface area (Å²) in [6, 6.07) is 9.05. The highest BCUT2D eigenvalue weighted by Gasteiger charge is 2.44. The van der Waals surface area contributed by atoms with E-state index in [-0.39, 0.29) is 25.5 Å². The molecular formula is C15H18F3NO2. The first-order chi connectivity index (χ1) is 9.86. The van der Waals surface area contributed by atoms with E-state index < -0.39 is 18.2 Å². The Kier molecular flexibility index (Phi) is 4.75. The molecule has 6 heteroatoms. The van der Waals surface area contributed by atoms with Gasteiger partial charge < -0.3 is 9.64 Å². The van der Waals surface area contributed by atoms with Gasteiger partial charge in [-0.1, -0.05) is 37.3 Å². The summed E-state index contributed by atoms with van der Waals surface area (Å²) < 4.78 is 43.6. The third-order valence-electron chi connectivity index (χ3n) is 3.59. The average molecular weight is 301 g/mol. The van der Waals surface area contributed by atoms with Crippen LogP contribution in [0.25, 0.3) is 0 Å². The normalized spacial score (nSPS) is 23.0. The van der Waals surface area contributed by atoms with Crippen molar-refractivity contribution in [3.05, 3.63) is 35.9 Å². The molecule has 1 aromatic rings.